The van der Waals surface area contributed by atoms with Gasteiger partial charge in [-0.25, -0.2) is 0 Å². The van der Waals surface area contributed by atoms with Crippen LogP contribution in [0.2, 0.25) is 0 Å². The highest BCUT2D eigenvalue weighted by Crippen LogP contribution is 2.26. The standard InChI is InChI=1S/C28H33N3O3S/c1-31(2)26-15-18-35-27(26)12-13-28(32)30-22-6-3-5-21(19-22)20-33-23-8-10-25(11-9-23)34-24-7-4-16-29-17-14-24/h3,5-6,8-13,15,18-19,24,29H,4,7,14,16-17,20H2,1-2H3,(H,30,32)/b13-12+. The number of rotatable bonds is 9. The van der Waals surface area contributed by atoms with E-state index in [9.17, 15) is 4.79 Å². The van der Waals surface area contributed by atoms with Gasteiger partial charge in [-0.1, -0.05) is 12.1 Å². The van der Waals surface area contributed by atoms with Crippen LogP contribution >= 0.6 is 11.3 Å². The van der Waals surface area contributed by atoms with Gasteiger partial charge in [0.1, 0.15) is 18.1 Å². The largest absolute Gasteiger partial charge is 0.490 e. The van der Waals surface area contributed by atoms with Gasteiger partial charge in [0, 0.05) is 25.9 Å². The maximum absolute atomic E-state index is 12.4. The Bertz CT molecular complexity index is 1120. The van der Waals surface area contributed by atoms with Gasteiger partial charge in [0.25, 0.3) is 0 Å². The van der Waals surface area contributed by atoms with Gasteiger partial charge in [-0.15, -0.1) is 11.3 Å². The zero-order chi connectivity index (χ0) is 24.5. The molecule has 1 aliphatic rings. The summed E-state index contributed by atoms with van der Waals surface area (Å²) in [5.74, 6) is 1.49. The molecular weight excluding hydrogens is 458 g/mol. The Morgan fingerprint density at radius 1 is 1.11 bits per heavy atom. The van der Waals surface area contributed by atoms with Gasteiger partial charge in [0.15, 0.2) is 0 Å². The maximum atomic E-state index is 12.4. The number of nitrogens with zero attached hydrogens (tertiary/aromatic N) is 1. The van der Waals surface area contributed by atoms with Crippen LogP contribution in [0.3, 0.4) is 0 Å². The molecule has 3 aromatic rings. The van der Waals surface area contributed by atoms with Crippen LogP contribution in [0.1, 0.15) is 29.7 Å². The number of carbonyl (C=O) groups is 1. The van der Waals surface area contributed by atoms with Crippen molar-refractivity contribution in [3.8, 4) is 11.5 Å². The number of amides is 1. The van der Waals surface area contributed by atoms with E-state index in [1.807, 2.05) is 85.0 Å². The van der Waals surface area contributed by atoms with Crippen LogP contribution in [0.4, 0.5) is 11.4 Å². The number of nitrogens with one attached hydrogen (secondary N) is 2. The molecular formula is C28H33N3O3S. The average Bonchev–Trinajstić information content (AvgIpc) is 3.19. The van der Waals surface area contributed by atoms with Gasteiger partial charge in [-0.05, 0) is 91.8 Å². The molecule has 35 heavy (non-hydrogen) atoms. The van der Waals surface area contributed by atoms with E-state index in [4.69, 9.17) is 9.47 Å². The number of hydrogen-bond acceptors (Lipinski definition) is 6. The van der Waals surface area contributed by atoms with E-state index in [2.05, 4.69) is 10.6 Å². The molecule has 0 radical (unpaired) electrons. The molecule has 0 aliphatic carbocycles. The zero-order valence-electron chi connectivity index (χ0n) is 20.3. The Morgan fingerprint density at radius 2 is 1.94 bits per heavy atom. The number of ether oxygens (including phenoxy) is 2. The summed E-state index contributed by atoms with van der Waals surface area (Å²) in [7, 11) is 3.98. The van der Waals surface area contributed by atoms with Crippen molar-refractivity contribution in [3.63, 3.8) is 0 Å². The molecule has 0 bridgehead atoms. The number of anilines is 2. The molecule has 6 nitrogen and oxygen atoms in total. The normalized spacial score (nSPS) is 16.0. The first kappa shape index (κ1) is 24.8. The summed E-state index contributed by atoms with van der Waals surface area (Å²) in [6, 6.07) is 17.6. The predicted octanol–water partition coefficient (Wildman–Crippen LogP) is 5.57. The van der Waals surface area contributed by atoms with E-state index in [1.54, 1.807) is 17.4 Å². The number of hydrogen-bond donors (Lipinski definition) is 2. The van der Waals surface area contributed by atoms with Crippen molar-refractivity contribution < 1.29 is 14.3 Å². The van der Waals surface area contributed by atoms with Crippen LogP contribution in [-0.4, -0.2) is 39.2 Å². The summed E-state index contributed by atoms with van der Waals surface area (Å²) >= 11 is 1.61. The SMILES string of the molecule is CN(C)c1ccsc1/C=C/C(=O)Nc1cccc(COc2ccc(OC3CCCNCC3)cc2)c1. The lowest BCUT2D eigenvalue weighted by molar-refractivity contribution is -0.111. The lowest BCUT2D eigenvalue weighted by Crippen LogP contribution is -2.19. The fraction of sp³-hybridized carbons (Fsp3) is 0.321. The summed E-state index contributed by atoms with van der Waals surface area (Å²) in [6.45, 7) is 2.49. The van der Waals surface area contributed by atoms with Crippen molar-refractivity contribution in [2.24, 2.45) is 0 Å². The molecule has 1 saturated heterocycles. The van der Waals surface area contributed by atoms with Gasteiger partial charge in [-0.2, -0.15) is 0 Å². The molecule has 0 spiro atoms. The van der Waals surface area contributed by atoms with Crippen LogP contribution in [0.5, 0.6) is 11.5 Å². The fourth-order valence-electron chi connectivity index (χ4n) is 3.96. The molecule has 184 valence electrons. The first-order valence-corrected chi connectivity index (χ1v) is 12.9. The molecule has 1 aromatic heterocycles. The summed E-state index contributed by atoms with van der Waals surface area (Å²) in [6.07, 6.45) is 6.95. The summed E-state index contributed by atoms with van der Waals surface area (Å²) in [5.41, 5.74) is 2.81. The number of benzene rings is 2. The number of thiophene rings is 1. The Balaban J connectivity index is 1.27. The van der Waals surface area contributed by atoms with Gasteiger partial charge in [0.2, 0.25) is 5.91 Å². The van der Waals surface area contributed by atoms with Crippen molar-refractivity contribution in [3.05, 3.63) is 76.5 Å². The molecule has 4 rings (SSSR count). The molecule has 2 aromatic carbocycles. The molecule has 0 saturated carbocycles. The Morgan fingerprint density at radius 3 is 2.77 bits per heavy atom. The zero-order valence-corrected chi connectivity index (χ0v) is 21.1. The van der Waals surface area contributed by atoms with Gasteiger partial charge < -0.3 is 25.0 Å². The number of carbonyl (C=O) groups excluding carboxylic acids is 1. The van der Waals surface area contributed by atoms with Crippen LogP contribution in [0.15, 0.2) is 66.1 Å². The van der Waals surface area contributed by atoms with E-state index in [0.717, 1.165) is 65.7 Å². The Labute approximate surface area is 211 Å². The van der Waals surface area contributed by atoms with E-state index < -0.39 is 0 Å². The van der Waals surface area contributed by atoms with Crippen LogP contribution < -0.4 is 25.0 Å². The van der Waals surface area contributed by atoms with Crippen molar-refractivity contribution in [1.82, 2.24) is 5.32 Å². The van der Waals surface area contributed by atoms with E-state index in [0.29, 0.717) is 6.61 Å². The van der Waals surface area contributed by atoms with Crippen LogP contribution in [0, 0.1) is 0 Å². The third kappa shape index (κ3) is 7.60. The maximum Gasteiger partial charge on any atom is 0.248 e. The Hall–Kier alpha value is -3.29. The summed E-state index contributed by atoms with van der Waals surface area (Å²) < 4.78 is 12.1. The Kier molecular flexibility index (Phi) is 8.81. The highest BCUT2D eigenvalue weighted by atomic mass is 32.1. The molecule has 1 aliphatic heterocycles. The molecule has 2 N–H and O–H groups in total. The highest BCUT2D eigenvalue weighted by Gasteiger charge is 2.13. The van der Waals surface area contributed by atoms with Crippen molar-refractivity contribution in [2.45, 2.75) is 32.0 Å². The second kappa shape index (κ2) is 12.4. The first-order chi connectivity index (χ1) is 17.1. The minimum Gasteiger partial charge on any atom is -0.490 e. The third-order valence-electron chi connectivity index (χ3n) is 5.79. The first-order valence-electron chi connectivity index (χ1n) is 12.0. The van der Waals surface area contributed by atoms with Crippen molar-refractivity contribution in [1.29, 1.82) is 0 Å². The lowest BCUT2D eigenvalue weighted by Gasteiger charge is -2.17. The van der Waals surface area contributed by atoms with Gasteiger partial charge in [-0.3, -0.25) is 4.79 Å². The molecule has 2 heterocycles. The van der Waals surface area contributed by atoms with E-state index in [-0.39, 0.29) is 12.0 Å². The van der Waals surface area contributed by atoms with E-state index >= 15 is 0 Å². The smallest absolute Gasteiger partial charge is 0.248 e. The second-order valence-electron chi connectivity index (χ2n) is 8.77. The molecule has 1 atom stereocenters. The second-order valence-corrected chi connectivity index (χ2v) is 9.72. The average molecular weight is 492 g/mol. The van der Waals surface area contributed by atoms with Crippen LogP contribution in [0.25, 0.3) is 6.08 Å². The molecule has 7 heteroatoms. The topological polar surface area (TPSA) is 62.8 Å². The van der Waals surface area contributed by atoms with Gasteiger partial charge >= 0.3 is 0 Å². The molecule has 1 fully saturated rings. The van der Waals surface area contributed by atoms with Crippen molar-refractivity contribution in [2.75, 3.05) is 37.4 Å². The molecule has 1 unspecified atom stereocenters. The monoisotopic (exact) mass is 491 g/mol. The lowest BCUT2D eigenvalue weighted by atomic mass is 10.1. The third-order valence-corrected chi connectivity index (χ3v) is 6.66. The van der Waals surface area contributed by atoms with Gasteiger partial charge in [0.05, 0.1) is 16.7 Å². The minimum atomic E-state index is -0.166. The summed E-state index contributed by atoms with van der Waals surface area (Å²) in [5, 5.41) is 8.36. The predicted molar refractivity (Wildman–Crippen MR) is 145 cm³/mol. The fourth-order valence-corrected chi connectivity index (χ4v) is 4.82. The van der Waals surface area contributed by atoms with Crippen LogP contribution in [-0.2, 0) is 11.4 Å². The molecule has 1 amide bonds. The quantitative estimate of drug-likeness (QED) is 0.384. The highest BCUT2D eigenvalue weighted by molar-refractivity contribution is 7.11. The van der Waals surface area contributed by atoms with E-state index in [1.165, 1.54) is 0 Å². The minimum absolute atomic E-state index is 0.166. The van der Waals surface area contributed by atoms with Crippen molar-refractivity contribution >= 4 is 34.7 Å². The summed E-state index contributed by atoms with van der Waals surface area (Å²) in [4.78, 5) is 15.5.